The Bertz CT molecular complexity index is 2120. The first kappa shape index (κ1) is 42.2. The summed E-state index contributed by atoms with van der Waals surface area (Å²) in [4.78, 5) is 47.8. The molecule has 57 heavy (non-hydrogen) atoms. The third kappa shape index (κ3) is 11.6. The van der Waals surface area contributed by atoms with Gasteiger partial charge < -0.3 is 28.3 Å². The summed E-state index contributed by atoms with van der Waals surface area (Å²) < 4.78 is 27.5. The van der Waals surface area contributed by atoms with Gasteiger partial charge in [-0.25, -0.2) is 24.2 Å². The number of hydrogen-bond acceptors (Lipinski definition) is 16. The van der Waals surface area contributed by atoms with Crippen LogP contribution in [0.3, 0.4) is 0 Å². The summed E-state index contributed by atoms with van der Waals surface area (Å²) >= 11 is 6.48. The Kier molecular flexibility index (Phi) is 15.0. The van der Waals surface area contributed by atoms with Crippen LogP contribution in [0.25, 0.3) is 22.5 Å². The first-order valence-electron chi connectivity index (χ1n) is 18.0. The van der Waals surface area contributed by atoms with Gasteiger partial charge in [-0.05, 0) is 53.3 Å². The predicted molar refractivity (Wildman–Crippen MR) is 199 cm³/mol. The first-order chi connectivity index (χ1) is 27.5. The molecule has 0 saturated carbocycles. The molecule has 5 rings (SSSR count). The molecule has 0 bridgehead atoms. The van der Waals surface area contributed by atoms with Crippen LogP contribution < -0.4 is 0 Å². The Morgan fingerprint density at radius 2 is 1.51 bits per heavy atom. The number of tetrazole rings is 1. The van der Waals surface area contributed by atoms with E-state index in [-0.39, 0.29) is 43.0 Å². The van der Waals surface area contributed by atoms with Gasteiger partial charge in [0.1, 0.15) is 12.4 Å². The number of unbranched alkanes of at least 4 members (excludes halogenated alkanes) is 1. The molecule has 19 heteroatoms. The van der Waals surface area contributed by atoms with E-state index in [0.29, 0.717) is 28.9 Å². The maximum Gasteiger partial charge on any atom is 0.511 e. The molecule has 0 aliphatic heterocycles. The van der Waals surface area contributed by atoms with Gasteiger partial charge in [0, 0.05) is 25.5 Å². The Morgan fingerprint density at radius 3 is 2.19 bits per heavy atom. The number of nitrogens with zero attached hydrogens (tertiary/aromatic N) is 7. The van der Waals surface area contributed by atoms with Gasteiger partial charge in [0.05, 0.1) is 18.6 Å². The van der Waals surface area contributed by atoms with E-state index in [1.807, 2.05) is 55.5 Å². The molecule has 18 nitrogen and oxygen atoms in total. The van der Waals surface area contributed by atoms with E-state index in [1.54, 1.807) is 42.7 Å². The largest absolute Gasteiger partial charge is 0.511 e. The average Bonchev–Trinajstić information content (AvgIpc) is 3.80. The average molecular weight is 808 g/mol. The number of aryl methyl sites for hydroxylation is 1. The Balaban J connectivity index is 1.27. The second-order valence-electron chi connectivity index (χ2n) is 12.4. The summed E-state index contributed by atoms with van der Waals surface area (Å²) in [6.45, 7) is 6.64. The van der Waals surface area contributed by atoms with Crippen molar-refractivity contribution in [3.8, 4) is 22.5 Å². The molecule has 0 amide bonds. The zero-order chi connectivity index (χ0) is 40.9. The lowest BCUT2D eigenvalue weighted by Gasteiger charge is -2.16. The minimum Gasteiger partial charge on any atom is -0.435 e. The first-order valence-corrected chi connectivity index (χ1v) is 18.3. The minimum absolute atomic E-state index is 0.0235. The second kappa shape index (κ2) is 20.3. The standard InChI is InChI=1S/C38H42ClN7O11/c1-5-7-16-32-40-34(39)33(36(47)56-25(4)57-37(48)52-6-2)44(32)21-26-17-19-27(20-18-26)30-14-10-11-15-31(30)35-41-43-45(42-35)24(3)55-38(49)53-22-28-12-8-9-13-29(28)23-54-46(50)51/h8-15,17-20,24-25,50-51H,5-7,16,21-23H2,1-4H3. The summed E-state index contributed by atoms with van der Waals surface area (Å²) in [5.41, 5.74) is 4.32. The van der Waals surface area contributed by atoms with E-state index in [4.69, 9.17) is 45.7 Å². The van der Waals surface area contributed by atoms with Gasteiger partial charge in [0.25, 0.3) is 0 Å². The molecule has 2 unspecified atom stereocenters. The van der Waals surface area contributed by atoms with Gasteiger partial charge in [0.2, 0.25) is 18.3 Å². The molecule has 0 fully saturated rings. The summed E-state index contributed by atoms with van der Waals surface area (Å²) in [6, 6.07) is 22.0. The van der Waals surface area contributed by atoms with Crippen LogP contribution in [0.15, 0.2) is 72.8 Å². The lowest BCUT2D eigenvalue weighted by molar-refractivity contribution is -0.497. The predicted octanol–water partition coefficient (Wildman–Crippen LogP) is 7.31. The number of esters is 1. The third-order valence-corrected chi connectivity index (χ3v) is 8.61. The molecule has 2 heterocycles. The number of halogens is 1. The highest BCUT2D eigenvalue weighted by Crippen LogP contribution is 2.31. The normalized spacial score (nSPS) is 12.2. The van der Waals surface area contributed by atoms with Gasteiger partial charge in [-0.15, -0.1) is 15.0 Å². The topological polar surface area (TPSA) is 212 Å². The maximum absolute atomic E-state index is 13.3. The molecule has 5 aromatic rings. The second-order valence-corrected chi connectivity index (χ2v) is 12.7. The van der Waals surface area contributed by atoms with Crippen molar-refractivity contribution < 1.29 is 53.3 Å². The molecular formula is C38H42ClN7O11. The molecule has 0 aliphatic rings. The number of carbonyl (C=O) groups excluding carboxylic acids is 3. The molecule has 0 spiro atoms. The van der Waals surface area contributed by atoms with Gasteiger partial charge in [-0.1, -0.05) is 97.7 Å². The number of benzene rings is 3. The van der Waals surface area contributed by atoms with Crippen LogP contribution >= 0.6 is 11.6 Å². The summed E-state index contributed by atoms with van der Waals surface area (Å²) in [5.74, 6) is 0.0897. The van der Waals surface area contributed by atoms with Crippen LogP contribution in [-0.2, 0) is 54.7 Å². The fourth-order valence-electron chi connectivity index (χ4n) is 5.59. The van der Waals surface area contributed by atoms with E-state index in [0.717, 1.165) is 34.3 Å². The summed E-state index contributed by atoms with van der Waals surface area (Å²) in [7, 11) is 0. The number of ether oxygens (including phenoxy) is 5. The van der Waals surface area contributed by atoms with Crippen molar-refractivity contribution in [3.05, 3.63) is 106 Å². The lowest BCUT2D eigenvalue weighted by atomic mass is 9.98. The molecule has 2 atom stereocenters. The highest BCUT2D eigenvalue weighted by atomic mass is 35.5. The van der Waals surface area contributed by atoms with Crippen LogP contribution in [0.4, 0.5) is 9.59 Å². The van der Waals surface area contributed by atoms with E-state index < -0.39 is 36.2 Å². The van der Waals surface area contributed by atoms with Crippen molar-refractivity contribution in [2.24, 2.45) is 0 Å². The van der Waals surface area contributed by atoms with E-state index >= 15 is 0 Å². The van der Waals surface area contributed by atoms with Gasteiger partial charge in [-0.3, -0.25) is 10.4 Å². The van der Waals surface area contributed by atoms with Crippen molar-refractivity contribution in [2.45, 2.75) is 79.2 Å². The molecule has 2 aromatic heterocycles. The molecule has 0 aliphatic carbocycles. The lowest BCUT2D eigenvalue weighted by Crippen LogP contribution is -2.24. The molecule has 0 radical (unpaired) electrons. The Morgan fingerprint density at radius 1 is 0.842 bits per heavy atom. The van der Waals surface area contributed by atoms with Crippen molar-refractivity contribution in [1.82, 2.24) is 35.1 Å². The Labute approximate surface area is 332 Å². The zero-order valence-electron chi connectivity index (χ0n) is 31.6. The highest BCUT2D eigenvalue weighted by Gasteiger charge is 2.26. The Hall–Kier alpha value is -5.92. The number of imidazole rings is 1. The molecule has 302 valence electrons. The van der Waals surface area contributed by atoms with Gasteiger partial charge in [-0.2, -0.15) is 0 Å². The highest BCUT2D eigenvalue weighted by molar-refractivity contribution is 6.32. The molecule has 0 saturated heterocycles. The summed E-state index contributed by atoms with van der Waals surface area (Å²) in [5, 5.41) is 30.0. The van der Waals surface area contributed by atoms with Crippen LogP contribution in [0.5, 0.6) is 0 Å². The fraction of sp³-hybridized carbons (Fsp3) is 0.342. The fourth-order valence-corrected chi connectivity index (χ4v) is 5.86. The SMILES string of the molecule is CCCCc1nc(Cl)c(C(=O)OC(C)OC(=O)OCC)n1Cc1ccc(-c2ccccc2-c2nnn(C(C)OC(=O)OCc3ccccc3CON(O)O)n2)cc1. The van der Waals surface area contributed by atoms with Crippen LogP contribution in [0.1, 0.15) is 79.8 Å². The summed E-state index contributed by atoms with van der Waals surface area (Å²) in [6.07, 6.45) is -1.87. The number of hydrogen-bond donors (Lipinski definition) is 2. The molecular weight excluding hydrogens is 766 g/mol. The van der Waals surface area contributed by atoms with E-state index in [1.165, 1.54) is 6.92 Å². The van der Waals surface area contributed by atoms with Gasteiger partial charge in [0.15, 0.2) is 10.8 Å². The molecule has 3 aromatic carbocycles. The number of aromatic nitrogens is 6. The van der Waals surface area contributed by atoms with Crippen molar-refractivity contribution >= 4 is 29.9 Å². The monoisotopic (exact) mass is 807 g/mol. The quantitative estimate of drug-likeness (QED) is 0.0384. The van der Waals surface area contributed by atoms with Crippen LogP contribution in [0, 0.1) is 0 Å². The van der Waals surface area contributed by atoms with Crippen molar-refractivity contribution in [2.75, 3.05) is 6.61 Å². The zero-order valence-corrected chi connectivity index (χ0v) is 32.4. The van der Waals surface area contributed by atoms with Gasteiger partial charge >= 0.3 is 18.3 Å². The molecule has 2 N–H and O–H groups in total. The smallest absolute Gasteiger partial charge is 0.435 e. The van der Waals surface area contributed by atoms with E-state index in [9.17, 15) is 14.4 Å². The maximum atomic E-state index is 13.3. The number of carbonyl (C=O) groups is 3. The van der Waals surface area contributed by atoms with Crippen molar-refractivity contribution in [1.29, 1.82) is 0 Å². The van der Waals surface area contributed by atoms with Crippen molar-refractivity contribution in [3.63, 3.8) is 0 Å². The third-order valence-electron chi connectivity index (χ3n) is 8.34. The van der Waals surface area contributed by atoms with Crippen LogP contribution in [-0.4, -0.2) is 76.7 Å². The van der Waals surface area contributed by atoms with E-state index in [2.05, 4.69) is 25.2 Å². The van der Waals surface area contributed by atoms with Crippen LogP contribution in [0.2, 0.25) is 5.15 Å². The number of rotatable bonds is 18. The minimum atomic E-state index is -1.23.